The molecule has 2 aromatic carbocycles. The minimum atomic E-state index is -0.102. The lowest BCUT2D eigenvalue weighted by Gasteiger charge is -2.09. The van der Waals surface area contributed by atoms with E-state index in [-0.39, 0.29) is 11.3 Å². The summed E-state index contributed by atoms with van der Waals surface area (Å²) < 4.78 is 0. The number of aromatic nitrogens is 1. The van der Waals surface area contributed by atoms with Crippen LogP contribution in [-0.2, 0) is 0 Å². The van der Waals surface area contributed by atoms with Crippen molar-refractivity contribution in [3.05, 3.63) is 63.5 Å². The first-order valence-electron chi connectivity index (χ1n) is 6.17. The van der Waals surface area contributed by atoms with E-state index in [0.717, 1.165) is 22.1 Å². The van der Waals surface area contributed by atoms with Crippen molar-refractivity contribution in [1.82, 2.24) is 4.98 Å². The van der Waals surface area contributed by atoms with Crippen LogP contribution in [0.25, 0.3) is 21.9 Å². The van der Waals surface area contributed by atoms with Crippen LogP contribution in [0, 0.1) is 6.92 Å². The average Bonchev–Trinajstić information content (AvgIpc) is 2.43. The quantitative estimate of drug-likeness (QED) is 0.713. The van der Waals surface area contributed by atoms with E-state index in [1.807, 2.05) is 25.1 Å². The van der Waals surface area contributed by atoms with Crippen molar-refractivity contribution in [3.8, 4) is 16.9 Å². The Morgan fingerprint density at radius 3 is 2.75 bits per heavy atom. The summed E-state index contributed by atoms with van der Waals surface area (Å²) in [5.41, 5.74) is 2.73. The summed E-state index contributed by atoms with van der Waals surface area (Å²) in [5, 5.41) is 11.4. The maximum absolute atomic E-state index is 11.7. The van der Waals surface area contributed by atoms with E-state index >= 15 is 0 Å². The fourth-order valence-electron chi connectivity index (χ4n) is 2.34. The van der Waals surface area contributed by atoms with Crippen molar-refractivity contribution in [3.63, 3.8) is 0 Å². The Hall–Kier alpha value is -2.26. The third kappa shape index (κ3) is 2.06. The number of hydrogen-bond donors (Lipinski definition) is 2. The standard InChI is InChI=1S/C16H12ClNO2/c1-9-6-15(19)14(17)8-13(9)10-2-3-12-11(7-10)4-5-18-16(12)20/h2-8,19H,1H3,(H,18,20). The van der Waals surface area contributed by atoms with Crippen LogP contribution in [0.2, 0.25) is 5.02 Å². The van der Waals surface area contributed by atoms with Crippen LogP contribution in [0.1, 0.15) is 5.56 Å². The number of rotatable bonds is 1. The molecule has 0 amide bonds. The Labute approximate surface area is 120 Å². The van der Waals surface area contributed by atoms with E-state index in [0.29, 0.717) is 10.4 Å². The zero-order valence-corrected chi connectivity index (χ0v) is 11.5. The highest BCUT2D eigenvalue weighted by Gasteiger charge is 2.08. The summed E-state index contributed by atoms with van der Waals surface area (Å²) in [6.45, 7) is 1.91. The van der Waals surface area contributed by atoms with Crippen molar-refractivity contribution >= 4 is 22.4 Å². The molecule has 0 radical (unpaired) electrons. The zero-order valence-electron chi connectivity index (χ0n) is 10.8. The number of H-pyrrole nitrogens is 1. The maximum Gasteiger partial charge on any atom is 0.255 e. The van der Waals surface area contributed by atoms with Gasteiger partial charge >= 0.3 is 0 Å². The molecule has 0 spiro atoms. The number of aromatic amines is 1. The van der Waals surface area contributed by atoms with Gasteiger partial charge in [0.15, 0.2) is 0 Å². The molecule has 0 saturated carbocycles. The molecule has 20 heavy (non-hydrogen) atoms. The molecule has 3 nitrogen and oxygen atoms in total. The highest BCUT2D eigenvalue weighted by atomic mass is 35.5. The Bertz CT molecular complexity index is 868. The van der Waals surface area contributed by atoms with Gasteiger partial charge in [0.1, 0.15) is 5.75 Å². The van der Waals surface area contributed by atoms with Gasteiger partial charge in [-0.1, -0.05) is 17.7 Å². The maximum atomic E-state index is 11.7. The third-order valence-corrected chi connectivity index (χ3v) is 3.68. The van der Waals surface area contributed by atoms with Crippen molar-refractivity contribution < 1.29 is 5.11 Å². The fraction of sp³-hybridized carbons (Fsp3) is 0.0625. The second-order valence-electron chi connectivity index (χ2n) is 4.73. The minimum absolute atomic E-state index is 0.0742. The number of aromatic hydroxyl groups is 1. The number of phenolic OH excluding ortho intramolecular Hbond substituents is 1. The first-order chi connectivity index (χ1) is 9.56. The van der Waals surface area contributed by atoms with Gasteiger partial charge in [-0.2, -0.15) is 0 Å². The molecule has 0 saturated heterocycles. The first-order valence-corrected chi connectivity index (χ1v) is 6.55. The van der Waals surface area contributed by atoms with E-state index in [4.69, 9.17) is 11.6 Å². The Balaban J connectivity index is 2.25. The van der Waals surface area contributed by atoms with Gasteiger partial charge in [0.05, 0.1) is 5.02 Å². The number of aryl methyl sites for hydroxylation is 1. The molecule has 3 aromatic rings. The molecule has 0 aliphatic heterocycles. The zero-order chi connectivity index (χ0) is 14.3. The molecule has 0 bridgehead atoms. The number of halogens is 1. The first kappa shape index (κ1) is 12.8. The average molecular weight is 286 g/mol. The van der Waals surface area contributed by atoms with Crippen LogP contribution in [0.5, 0.6) is 5.75 Å². The molecule has 3 rings (SSSR count). The molecule has 0 atom stereocenters. The number of fused-ring (bicyclic) bond motifs is 1. The van der Waals surface area contributed by atoms with Crippen LogP contribution in [0.15, 0.2) is 47.4 Å². The fourth-order valence-corrected chi connectivity index (χ4v) is 2.50. The molecule has 0 fully saturated rings. The van der Waals surface area contributed by atoms with E-state index < -0.39 is 0 Å². The van der Waals surface area contributed by atoms with Gasteiger partial charge in [0, 0.05) is 11.6 Å². The largest absolute Gasteiger partial charge is 0.506 e. The van der Waals surface area contributed by atoms with Gasteiger partial charge in [-0.05, 0) is 59.3 Å². The van der Waals surface area contributed by atoms with Gasteiger partial charge in [0.2, 0.25) is 0 Å². The predicted molar refractivity (Wildman–Crippen MR) is 81.4 cm³/mol. The van der Waals surface area contributed by atoms with E-state index in [2.05, 4.69) is 4.98 Å². The Kier molecular flexibility index (Phi) is 2.99. The monoisotopic (exact) mass is 285 g/mol. The molecule has 0 unspecified atom stereocenters. The van der Waals surface area contributed by atoms with E-state index in [1.54, 1.807) is 24.4 Å². The van der Waals surface area contributed by atoms with Crippen LogP contribution >= 0.6 is 11.6 Å². The third-order valence-electron chi connectivity index (χ3n) is 3.38. The molecule has 4 heteroatoms. The summed E-state index contributed by atoms with van der Waals surface area (Å²) in [4.78, 5) is 14.3. The number of pyridine rings is 1. The Morgan fingerprint density at radius 1 is 1.15 bits per heavy atom. The lowest BCUT2D eigenvalue weighted by atomic mass is 9.98. The van der Waals surface area contributed by atoms with Gasteiger partial charge in [-0.25, -0.2) is 0 Å². The summed E-state index contributed by atoms with van der Waals surface area (Å²) >= 11 is 5.97. The minimum Gasteiger partial charge on any atom is -0.506 e. The molecular formula is C16H12ClNO2. The molecule has 100 valence electrons. The number of benzene rings is 2. The molecule has 0 aliphatic rings. The second-order valence-corrected chi connectivity index (χ2v) is 5.13. The molecule has 1 heterocycles. The SMILES string of the molecule is Cc1cc(O)c(Cl)cc1-c1ccc2c(=O)[nH]ccc2c1. The lowest BCUT2D eigenvalue weighted by Crippen LogP contribution is -2.03. The lowest BCUT2D eigenvalue weighted by molar-refractivity contribution is 0.475. The van der Waals surface area contributed by atoms with Crippen LogP contribution < -0.4 is 5.56 Å². The van der Waals surface area contributed by atoms with Crippen LogP contribution in [0.4, 0.5) is 0 Å². The summed E-state index contributed by atoms with van der Waals surface area (Å²) in [6.07, 6.45) is 1.63. The number of hydrogen-bond acceptors (Lipinski definition) is 2. The van der Waals surface area contributed by atoms with Crippen molar-refractivity contribution in [2.75, 3.05) is 0 Å². The van der Waals surface area contributed by atoms with Gasteiger partial charge in [0.25, 0.3) is 5.56 Å². The smallest absolute Gasteiger partial charge is 0.255 e. The second kappa shape index (κ2) is 4.69. The van der Waals surface area contributed by atoms with E-state index in [1.165, 1.54) is 0 Å². The molecule has 2 N–H and O–H groups in total. The van der Waals surface area contributed by atoms with Crippen molar-refractivity contribution in [2.24, 2.45) is 0 Å². The molecule has 1 aromatic heterocycles. The van der Waals surface area contributed by atoms with E-state index in [9.17, 15) is 9.90 Å². The highest BCUT2D eigenvalue weighted by molar-refractivity contribution is 6.32. The number of phenols is 1. The van der Waals surface area contributed by atoms with Crippen LogP contribution in [-0.4, -0.2) is 10.1 Å². The summed E-state index contributed by atoms with van der Waals surface area (Å²) in [6, 6.07) is 10.9. The summed E-state index contributed by atoms with van der Waals surface area (Å²) in [7, 11) is 0. The number of nitrogens with one attached hydrogen (secondary N) is 1. The van der Waals surface area contributed by atoms with Crippen LogP contribution in [0.3, 0.4) is 0 Å². The van der Waals surface area contributed by atoms with Gasteiger partial charge in [-0.15, -0.1) is 0 Å². The molecular weight excluding hydrogens is 274 g/mol. The normalized spacial score (nSPS) is 10.9. The van der Waals surface area contributed by atoms with Crippen molar-refractivity contribution in [2.45, 2.75) is 6.92 Å². The topological polar surface area (TPSA) is 53.1 Å². The molecule has 0 aliphatic carbocycles. The predicted octanol–water partition coefficient (Wildman–Crippen LogP) is 3.86. The van der Waals surface area contributed by atoms with Gasteiger partial charge < -0.3 is 10.1 Å². The summed E-state index contributed by atoms with van der Waals surface area (Å²) in [5.74, 6) is 0.0742. The van der Waals surface area contributed by atoms with Crippen molar-refractivity contribution in [1.29, 1.82) is 0 Å². The Morgan fingerprint density at radius 2 is 1.95 bits per heavy atom. The van der Waals surface area contributed by atoms with Gasteiger partial charge in [-0.3, -0.25) is 4.79 Å². The highest BCUT2D eigenvalue weighted by Crippen LogP contribution is 2.33.